The number of halogens is 1. The molecule has 0 atom stereocenters. The molecule has 1 aliphatic rings. The smallest absolute Gasteiger partial charge is 0.407 e. The zero-order chi connectivity index (χ0) is 22.5. The van der Waals surface area contributed by atoms with Gasteiger partial charge in [-0.05, 0) is 46.4 Å². The van der Waals surface area contributed by atoms with Crippen molar-refractivity contribution < 1.29 is 19.4 Å². The molecule has 32 heavy (non-hydrogen) atoms. The maximum Gasteiger partial charge on any atom is 0.407 e. The van der Waals surface area contributed by atoms with Crippen molar-refractivity contribution in [1.29, 1.82) is 0 Å². The van der Waals surface area contributed by atoms with Crippen LogP contribution in [0.4, 0.5) is 4.79 Å². The van der Waals surface area contributed by atoms with Crippen molar-refractivity contribution in [2.45, 2.75) is 12.3 Å². The number of alkyl carbamates (subject to hydrolysis) is 1. The monoisotopic (exact) mass is 447 g/mol. The lowest BCUT2D eigenvalue weighted by Gasteiger charge is -2.14. The molecule has 0 saturated heterocycles. The summed E-state index contributed by atoms with van der Waals surface area (Å²) in [5.74, 6) is -0.987. The van der Waals surface area contributed by atoms with Crippen molar-refractivity contribution in [3.05, 3.63) is 100 Å². The Hall–Kier alpha value is -3.57. The number of benzene rings is 3. The second-order valence-electron chi connectivity index (χ2n) is 7.48. The van der Waals surface area contributed by atoms with Gasteiger partial charge in [0, 0.05) is 17.5 Å². The van der Waals surface area contributed by atoms with Crippen molar-refractivity contribution in [3.8, 4) is 11.1 Å². The molecule has 3 aromatic carbocycles. The second kappa shape index (κ2) is 9.71. The van der Waals surface area contributed by atoms with Gasteiger partial charge < -0.3 is 15.2 Å². The molecule has 0 radical (unpaired) electrons. The lowest BCUT2D eigenvalue weighted by Crippen LogP contribution is -2.26. The van der Waals surface area contributed by atoms with Crippen molar-refractivity contribution in [3.63, 3.8) is 0 Å². The second-order valence-corrected chi connectivity index (χ2v) is 7.89. The van der Waals surface area contributed by atoms with Crippen molar-refractivity contribution in [1.82, 2.24) is 5.32 Å². The van der Waals surface area contributed by atoms with Crippen LogP contribution in [0.3, 0.4) is 0 Å². The summed E-state index contributed by atoms with van der Waals surface area (Å²) in [5, 5.41) is 12.1. The molecular formula is C26H22ClNO4. The third-order valence-corrected chi connectivity index (χ3v) is 5.80. The summed E-state index contributed by atoms with van der Waals surface area (Å²) >= 11 is 6.11. The number of carboxylic acid groups (broad SMARTS) is 1. The maximum absolute atomic E-state index is 12.2. The van der Waals surface area contributed by atoms with E-state index in [-0.39, 0.29) is 18.1 Å². The Morgan fingerprint density at radius 1 is 1.00 bits per heavy atom. The molecule has 0 aromatic heterocycles. The highest BCUT2D eigenvalue weighted by Gasteiger charge is 2.28. The number of carboxylic acids is 1. The van der Waals surface area contributed by atoms with Crippen LogP contribution in [0.2, 0.25) is 5.02 Å². The molecule has 0 aliphatic heterocycles. The highest BCUT2D eigenvalue weighted by molar-refractivity contribution is 6.32. The Bertz CT molecular complexity index is 1140. The molecule has 0 saturated carbocycles. The van der Waals surface area contributed by atoms with E-state index < -0.39 is 12.1 Å². The van der Waals surface area contributed by atoms with Crippen LogP contribution in [0.15, 0.2) is 72.8 Å². The minimum atomic E-state index is -1.02. The van der Waals surface area contributed by atoms with Gasteiger partial charge >= 0.3 is 12.1 Å². The summed E-state index contributed by atoms with van der Waals surface area (Å²) in [4.78, 5) is 23.1. The SMILES string of the molecule is O=C(NCCC=Cc1ccc(C(=O)O)cc1Cl)OCC1c2ccccc2-c2ccccc21. The first-order valence-corrected chi connectivity index (χ1v) is 10.7. The predicted octanol–water partition coefficient (Wildman–Crippen LogP) is 5.98. The fourth-order valence-electron chi connectivity index (χ4n) is 3.91. The first kappa shape index (κ1) is 21.7. The number of hydrogen-bond donors (Lipinski definition) is 2. The highest BCUT2D eigenvalue weighted by Crippen LogP contribution is 2.44. The number of hydrogen-bond acceptors (Lipinski definition) is 3. The third kappa shape index (κ3) is 4.68. The molecule has 6 heteroatoms. The number of carbonyl (C=O) groups is 2. The van der Waals surface area contributed by atoms with Crippen LogP contribution in [-0.2, 0) is 4.74 Å². The van der Waals surface area contributed by atoms with E-state index in [0.717, 1.165) is 5.56 Å². The molecule has 162 valence electrons. The molecule has 2 N–H and O–H groups in total. The normalized spacial score (nSPS) is 12.4. The lowest BCUT2D eigenvalue weighted by atomic mass is 9.98. The van der Waals surface area contributed by atoms with Gasteiger partial charge in [-0.3, -0.25) is 0 Å². The van der Waals surface area contributed by atoms with E-state index in [4.69, 9.17) is 21.4 Å². The van der Waals surface area contributed by atoms with Gasteiger partial charge in [0.1, 0.15) is 6.61 Å². The number of amides is 1. The number of ether oxygens (including phenoxy) is 1. The number of fused-ring (bicyclic) bond motifs is 3. The largest absolute Gasteiger partial charge is 0.478 e. The average Bonchev–Trinajstić information content (AvgIpc) is 3.12. The van der Waals surface area contributed by atoms with E-state index in [0.29, 0.717) is 18.0 Å². The van der Waals surface area contributed by atoms with Crippen LogP contribution in [0.1, 0.15) is 39.4 Å². The average molecular weight is 448 g/mol. The Labute approximate surface area is 191 Å². The number of rotatable bonds is 7. The van der Waals surface area contributed by atoms with Crippen LogP contribution in [0.5, 0.6) is 0 Å². The van der Waals surface area contributed by atoms with E-state index in [9.17, 15) is 9.59 Å². The van der Waals surface area contributed by atoms with Crippen LogP contribution in [0, 0.1) is 0 Å². The van der Waals surface area contributed by atoms with Gasteiger partial charge in [-0.2, -0.15) is 0 Å². The fourth-order valence-corrected chi connectivity index (χ4v) is 4.16. The molecule has 1 amide bonds. The fraction of sp³-hybridized carbons (Fsp3) is 0.154. The van der Waals surface area contributed by atoms with E-state index in [1.165, 1.54) is 34.4 Å². The molecular weight excluding hydrogens is 426 g/mol. The molecule has 3 aromatic rings. The first-order chi connectivity index (χ1) is 15.5. The molecule has 4 rings (SSSR count). The van der Waals surface area contributed by atoms with Crippen LogP contribution < -0.4 is 5.32 Å². The van der Waals surface area contributed by atoms with Crippen molar-refractivity contribution in [2.24, 2.45) is 0 Å². The topological polar surface area (TPSA) is 75.6 Å². The standard InChI is InChI=1S/C26H22ClNO4/c27-24-15-18(25(29)30)13-12-17(24)7-5-6-14-28-26(31)32-16-23-21-10-3-1-8-19(21)20-9-2-4-11-22(20)23/h1-5,7-13,15,23H,6,14,16H2,(H,28,31)(H,29,30). The minimum Gasteiger partial charge on any atom is -0.478 e. The van der Waals surface area contributed by atoms with Crippen molar-refractivity contribution in [2.75, 3.05) is 13.2 Å². The first-order valence-electron chi connectivity index (χ1n) is 10.3. The highest BCUT2D eigenvalue weighted by atomic mass is 35.5. The summed E-state index contributed by atoms with van der Waals surface area (Å²) in [7, 11) is 0. The van der Waals surface area contributed by atoms with Crippen molar-refractivity contribution >= 4 is 29.7 Å². The van der Waals surface area contributed by atoms with E-state index in [2.05, 4.69) is 29.6 Å². The van der Waals surface area contributed by atoms with Gasteiger partial charge in [-0.1, -0.05) is 78.4 Å². The zero-order valence-corrected chi connectivity index (χ0v) is 18.0. The lowest BCUT2D eigenvalue weighted by molar-refractivity contribution is 0.0696. The van der Waals surface area contributed by atoms with Gasteiger partial charge in [0.25, 0.3) is 0 Å². The third-order valence-electron chi connectivity index (χ3n) is 5.47. The quantitative estimate of drug-likeness (QED) is 0.437. The molecule has 1 aliphatic carbocycles. The minimum absolute atomic E-state index is 0.0314. The maximum atomic E-state index is 12.2. The van der Waals surface area contributed by atoms with E-state index in [1.807, 2.05) is 30.3 Å². The van der Waals surface area contributed by atoms with E-state index in [1.54, 1.807) is 12.1 Å². The van der Waals surface area contributed by atoms with Crippen LogP contribution >= 0.6 is 11.6 Å². The Balaban J connectivity index is 1.27. The molecule has 0 heterocycles. The summed E-state index contributed by atoms with van der Waals surface area (Å²) < 4.78 is 5.51. The summed E-state index contributed by atoms with van der Waals surface area (Å²) in [6.07, 6.45) is 3.80. The Kier molecular flexibility index (Phi) is 6.57. The summed E-state index contributed by atoms with van der Waals surface area (Å²) in [6.45, 7) is 0.694. The molecule has 0 spiro atoms. The molecule has 0 unspecified atom stereocenters. The van der Waals surface area contributed by atoms with Gasteiger partial charge in [0.05, 0.1) is 5.56 Å². The van der Waals surface area contributed by atoms with E-state index >= 15 is 0 Å². The molecule has 5 nitrogen and oxygen atoms in total. The van der Waals surface area contributed by atoms with Crippen LogP contribution in [-0.4, -0.2) is 30.3 Å². The number of aromatic carboxylic acids is 1. The van der Waals surface area contributed by atoms with Gasteiger partial charge in [-0.25, -0.2) is 9.59 Å². The molecule has 0 bridgehead atoms. The summed E-state index contributed by atoms with van der Waals surface area (Å²) in [6, 6.07) is 21.0. The van der Waals surface area contributed by atoms with Gasteiger partial charge in [0.15, 0.2) is 0 Å². The van der Waals surface area contributed by atoms with Gasteiger partial charge in [-0.15, -0.1) is 0 Å². The zero-order valence-electron chi connectivity index (χ0n) is 17.3. The molecule has 0 fully saturated rings. The number of carbonyl (C=O) groups excluding carboxylic acids is 1. The Morgan fingerprint density at radius 2 is 1.66 bits per heavy atom. The Morgan fingerprint density at radius 3 is 2.28 bits per heavy atom. The van der Waals surface area contributed by atoms with Crippen LogP contribution in [0.25, 0.3) is 17.2 Å². The van der Waals surface area contributed by atoms with Gasteiger partial charge in [0.2, 0.25) is 0 Å². The number of nitrogens with one attached hydrogen (secondary N) is 1. The predicted molar refractivity (Wildman–Crippen MR) is 125 cm³/mol. The summed E-state index contributed by atoms with van der Waals surface area (Å²) in [5.41, 5.74) is 5.60.